The van der Waals surface area contributed by atoms with Gasteiger partial charge in [0.2, 0.25) is 5.89 Å². The third-order valence-electron chi connectivity index (χ3n) is 2.24. The first-order valence-electron chi connectivity index (χ1n) is 5.32. The molecule has 6 nitrogen and oxygen atoms in total. The molecule has 0 saturated carbocycles. The average Bonchev–Trinajstić information content (AvgIpc) is 3.11. The summed E-state index contributed by atoms with van der Waals surface area (Å²) in [6, 6.07) is 6.71. The van der Waals surface area contributed by atoms with Crippen molar-refractivity contribution in [2.75, 3.05) is 0 Å². The summed E-state index contributed by atoms with van der Waals surface area (Å²) in [5.74, 6) is 0.589. The van der Waals surface area contributed by atoms with Crippen molar-refractivity contribution < 1.29 is 13.6 Å². The van der Waals surface area contributed by atoms with Crippen molar-refractivity contribution in [2.45, 2.75) is 5.22 Å². The summed E-state index contributed by atoms with van der Waals surface area (Å²) in [7, 11) is 0. The van der Waals surface area contributed by atoms with Crippen LogP contribution in [0.2, 0.25) is 0 Å². The monoisotopic (exact) mass is 273 g/mol. The van der Waals surface area contributed by atoms with Crippen molar-refractivity contribution in [3.63, 3.8) is 0 Å². The van der Waals surface area contributed by atoms with E-state index in [1.54, 1.807) is 36.7 Å². The number of pyridine rings is 1. The van der Waals surface area contributed by atoms with Crippen LogP contribution in [0.3, 0.4) is 0 Å². The van der Waals surface area contributed by atoms with E-state index in [4.69, 9.17) is 8.83 Å². The van der Waals surface area contributed by atoms with Crippen LogP contribution in [0.1, 0.15) is 10.6 Å². The van der Waals surface area contributed by atoms with Gasteiger partial charge in [0, 0.05) is 29.7 Å². The largest absolute Gasteiger partial charge is 0.460 e. The van der Waals surface area contributed by atoms with Crippen LogP contribution in [-0.4, -0.2) is 20.3 Å². The molecule has 0 saturated heterocycles. The average molecular weight is 273 g/mol. The van der Waals surface area contributed by atoms with Crippen LogP contribution in [0.15, 0.2) is 57.0 Å². The predicted molar refractivity (Wildman–Crippen MR) is 66.4 cm³/mol. The second kappa shape index (κ2) is 5.07. The number of furan rings is 1. The van der Waals surface area contributed by atoms with Crippen LogP contribution in [0, 0.1) is 0 Å². The van der Waals surface area contributed by atoms with Gasteiger partial charge in [-0.3, -0.25) is 9.78 Å². The summed E-state index contributed by atoms with van der Waals surface area (Å²) in [5, 5.41) is 7.57. The lowest BCUT2D eigenvalue weighted by molar-refractivity contribution is 0.106. The number of rotatable bonds is 3. The highest BCUT2D eigenvalue weighted by molar-refractivity contribution is 8.13. The topological polar surface area (TPSA) is 82.0 Å². The second-order valence-electron chi connectivity index (χ2n) is 3.48. The van der Waals surface area contributed by atoms with Crippen molar-refractivity contribution in [3.8, 4) is 11.5 Å². The van der Waals surface area contributed by atoms with E-state index in [1.165, 1.54) is 6.26 Å². The highest BCUT2D eigenvalue weighted by atomic mass is 32.2. The molecule has 7 heteroatoms. The minimum atomic E-state index is -0.282. The van der Waals surface area contributed by atoms with Crippen LogP contribution < -0.4 is 0 Å². The lowest BCUT2D eigenvalue weighted by atomic mass is 10.3. The van der Waals surface area contributed by atoms with E-state index in [9.17, 15) is 4.79 Å². The van der Waals surface area contributed by atoms with E-state index < -0.39 is 0 Å². The van der Waals surface area contributed by atoms with Gasteiger partial charge in [0.15, 0.2) is 5.76 Å². The van der Waals surface area contributed by atoms with Crippen molar-refractivity contribution in [2.24, 2.45) is 0 Å². The quantitative estimate of drug-likeness (QED) is 0.678. The van der Waals surface area contributed by atoms with Crippen molar-refractivity contribution in [1.82, 2.24) is 15.2 Å². The maximum atomic E-state index is 11.8. The molecule has 19 heavy (non-hydrogen) atoms. The van der Waals surface area contributed by atoms with E-state index in [2.05, 4.69) is 15.2 Å². The molecule has 94 valence electrons. The Balaban J connectivity index is 1.77. The van der Waals surface area contributed by atoms with Crippen LogP contribution in [0.4, 0.5) is 0 Å². The smallest absolute Gasteiger partial charge is 0.284 e. The highest BCUT2D eigenvalue weighted by Crippen LogP contribution is 2.25. The number of nitrogens with zero attached hydrogens (tertiary/aromatic N) is 3. The predicted octanol–water partition coefficient (Wildman–Crippen LogP) is 2.66. The van der Waals surface area contributed by atoms with E-state index in [-0.39, 0.29) is 16.1 Å². The number of aromatic nitrogens is 3. The third kappa shape index (κ3) is 2.55. The first-order chi connectivity index (χ1) is 9.33. The van der Waals surface area contributed by atoms with Gasteiger partial charge in [-0.05, 0) is 24.3 Å². The summed E-state index contributed by atoms with van der Waals surface area (Å²) in [5.41, 5.74) is 0.750. The Bertz CT molecular complexity index is 679. The Labute approximate surface area is 111 Å². The maximum Gasteiger partial charge on any atom is 0.284 e. The molecule has 0 aliphatic heterocycles. The maximum absolute atomic E-state index is 11.8. The number of hydrogen-bond acceptors (Lipinski definition) is 7. The summed E-state index contributed by atoms with van der Waals surface area (Å²) in [4.78, 5) is 15.7. The van der Waals surface area contributed by atoms with Gasteiger partial charge in [0.05, 0.1) is 6.26 Å². The number of carbonyl (C=O) groups excluding carboxylic acids is 1. The van der Waals surface area contributed by atoms with Gasteiger partial charge in [-0.15, -0.1) is 10.2 Å². The summed E-state index contributed by atoms with van der Waals surface area (Å²) >= 11 is 0.828. The molecule has 0 fully saturated rings. The molecule has 0 aliphatic rings. The van der Waals surface area contributed by atoms with Gasteiger partial charge in [-0.1, -0.05) is 0 Å². The Morgan fingerprint density at radius 2 is 2.00 bits per heavy atom. The fraction of sp³-hybridized carbons (Fsp3) is 0. The molecule has 3 heterocycles. The SMILES string of the molecule is O=C(Sc1nnc(-c2ccncc2)o1)c1ccco1. The molecular weight excluding hydrogens is 266 g/mol. The van der Waals surface area contributed by atoms with E-state index >= 15 is 0 Å². The summed E-state index contributed by atoms with van der Waals surface area (Å²) in [6.07, 6.45) is 4.69. The number of carbonyl (C=O) groups is 1. The van der Waals surface area contributed by atoms with Crippen molar-refractivity contribution >= 4 is 16.9 Å². The van der Waals surface area contributed by atoms with Crippen LogP contribution in [0.25, 0.3) is 11.5 Å². The zero-order valence-electron chi connectivity index (χ0n) is 9.52. The van der Waals surface area contributed by atoms with Crippen LogP contribution in [0.5, 0.6) is 0 Å². The highest BCUT2D eigenvalue weighted by Gasteiger charge is 2.16. The minimum absolute atomic E-state index is 0.174. The molecule has 3 rings (SSSR count). The molecule has 3 aromatic heterocycles. The summed E-state index contributed by atoms with van der Waals surface area (Å²) < 4.78 is 10.4. The molecule has 0 N–H and O–H groups in total. The Hall–Kier alpha value is -2.41. The number of hydrogen-bond donors (Lipinski definition) is 0. The molecule has 0 aliphatic carbocycles. The van der Waals surface area contributed by atoms with Gasteiger partial charge in [-0.25, -0.2) is 0 Å². The molecule has 0 atom stereocenters. The fourth-order valence-corrected chi connectivity index (χ4v) is 1.96. The Kier molecular flexibility index (Phi) is 3.11. The third-order valence-corrected chi connectivity index (χ3v) is 2.96. The molecule has 3 aromatic rings. The van der Waals surface area contributed by atoms with E-state index in [0.29, 0.717) is 5.89 Å². The molecular formula is C12H7N3O3S. The van der Waals surface area contributed by atoms with E-state index in [1.807, 2.05) is 0 Å². The molecule has 0 unspecified atom stereocenters. The normalized spacial score (nSPS) is 10.5. The lowest BCUT2D eigenvalue weighted by Gasteiger charge is -1.92. The van der Waals surface area contributed by atoms with Crippen molar-refractivity contribution in [3.05, 3.63) is 48.7 Å². The standard InChI is InChI=1S/C12H7N3O3S/c16-11(9-2-1-7-17-9)19-12-15-14-10(18-12)8-3-5-13-6-4-8/h1-7H. The second-order valence-corrected chi connectivity index (χ2v) is 4.40. The zero-order valence-corrected chi connectivity index (χ0v) is 10.3. The van der Waals surface area contributed by atoms with Gasteiger partial charge >= 0.3 is 0 Å². The molecule has 0 bridgehead atoms. The first kappa shape index (κ1) is 11.7. The Morgan fingerprint density at radius 1 is 1.16 bits per heavy atom. The Morgan fingerprint density at radius 3 is 2.74 bits per heavy atom. The minimum Gasteiger partial charge on any atom is -0.460 e. The van der Waals surface area contributed by atoms with E-state index in [0.717, 1.165) is 17.3 Å². The number of thioether (sulfide) groups is 1. The van der Waals surface area contributed by atoms with Crippen LogP contribution in [-0.2, 0) is 0 Å². The van der Waals surface area contributed by atoms with Crippen molar-refractivity contribution in [1.29, 1.82) is 0 Å². The lowest BCUT2D eigenvalue weighted by Crippen LogP contribution is -1.89. The van der Waals surface area contributed by atoms with Gasteiger partial charge in [0.25, 0.3) is 10.3 Å². The molecule has 0 radical (unpaired) electrons. The molecule has 0 amide bonds. The first-order valence-corrected chi connectivity index (χ1v) is 6.14. The summed E-state index contributed by atoms with van der Waals surface area (Å²) in [6.45, 7) is 0. The van der Waals surface area contributed by atoms with Gasteiger partial charge in [-0.2, -0.15) is 0 Å². The molecule has 0 spiro atoms. The van der Waals surface area contributed by atoms with Gasteiger partial charge < -0.3 is 8.83 Å². The fourth-order valence-electron chi connectivity index (χ4n) is 1.39. The van der Waals surface area contributed by atoms with Gasteiger partial charge in [0.1, 0.15) is 0 Å². The molecule has 0 aromatic carbocycles. The van der Waals surface area contributed by atoms with Crippen LogP contribution >= 0.6 is 11.8 Å². The zero-order chi connectivity index (χ0) is 13.1.